The molecule has 3 heterocycles. The molecule has 0 unspecified atom stereocenters. The monoisotopic (exact) mass is 217 g/mol. The molecular weight excluding hydrogens is 210 g/mol. The van der Waals surface area contributed by atoms with Gasteiger partial charge < -0.3 is 5.73 Å². The molecule has 0 saturated heterocycles. The van der Waals surface area contributed by atoms with Crippen LogP contribution >= 0.6 is 0 Å². The maximum atomic E-state index is 5.56. The zero-order chi connectivity index (χ0) is 11.1. The lowest BCUT2D eigenvalue weighted by molar-refractivity contribution is 0.718. The van der Waals surface area contributed by atoms with E-state index in [-0.39, 0.29) is 11.7 Å². The summed E-state index contributed by atoms with van der Waals surface area (Å²) >= 11 is 0. The van der Waals surface area contributed by atoms with Crippen molar-refractivity contribution in [3.63, 3.8) is 0 Å². The first-order valence-electron chi connectivity index (χ1n) is 4.47. The number of aromatic nitrogens is 8. The van der Waals surface area contributed by atoms with E-state index in [1.165, 1.54) is 9.20 Å². The molecule has 0 radical (unpaired) electrons. The Bertz CT molecular complexity index is 651. The minimum Gasteiger partial charge on any atom is -0.366 e. The van der Waals surface area contributed by atoms with E-state index in [0.717, 1.165) is 5.56 Å². The predicted molar refractivity (Wildman–Crippen MR) is 52.6 cm³/mol. The van der Waals surface area contributed by atoms with Crippen LogP contribution in [0, 0.1) is 6.92 Å². The van der Waals surface area contributed by atoms with Gasteiger partial charge in [-0.05, 0) is 12.5 Å². The standard InChI is InChI=1S/C7H7N9/c1-4-2-9-15(3-4)7-13-12-6-11-10-5(8)16(6)14-7/h2-3H,1H3,(H2,8,10). The first-order valence-corrected chi connectivity index (χ1v) is 4.47. The Morgan fingerprint density at radius 3 is 2.75 bits per heavy atom. The summed E-state index contributed by atoms with van der Waals surface area (Å²) in [7, 11) is 0. The van der Waals surface area contributed by atoms with Gasteiger partial charge in [-0.25, -0.2) is 4.68 Å². The van der Waals surface area contributed by atoms with Crippen LogP contribution in [0.5, 0.6) is 0 Å². The van der Waals surface area contributed by atoms with Crippen molar-refractivity contribution in [2.45, 2.75) is 6.92 Å². The number of nitrogens with zero attached hydrogens (tertiary/aromatic N) is 8. The summed E-state index contributed by atoms with van der Waals surface area (Å²) in [4.78, 5) is 0. The van der Waals surface area contributed by atoms with E-state index >= 15 is 0 Å². The van der Waals surface area contributed by atoms with Gasteiger partial charge in [-0.2, -0.15) is 9.61 Å². The van der Waals surface area contributed by atoms with Gasteiger partial charge in [0, 0.05) is 6.20 Å². The molecule has 0 aliphatic rings. The molecule has 80 valence electrons. The lowest BCUT2D eigenvalue weighted by Crippen LogP contribution is -2.09. The second-order valence-electron chi connectivity index (χ2n) is 3.23. The number of hydrogen-bond donors (Lipinski definition) is 1. The summed E-state index contributed by atoms with van der Waals surface area (Å²) in [6.07, 6.45) is 3.48. The molecule has 9 heteroatoms. The summed E-state index contributed by atoms with van der Waals surface area (Å²) in [5.74, 6) is 0.729. The molecule has 0 saturated carbocycles. The van der Waals surface area contributed by atoms with Crippen molar-refractivity contribution in [1.29, 1.82) is 0 Å². The molecule has 0 aliphatic carbocycles. The van der Waals surface area contributed by atoms with Gasteiger partial charge in [0.05, 0.1) is 6.20 Å². The van der Waals surface area contributed by atoms with E-state index in [9.17, 15) is 0 Å². The molecule has 0 aliphatic heterocycles. The maximum absolute atomic E-state index is 5.56. The third-order valence-electron chi connectivity index (χ3n) is 1.98. The molecule has 16 heavy (non-hydrogen) atoms. The molecule has 0 atom stereocenters. The molecule has 2 N–H and O–H groups in total. The Morgan fingerprint density at radius 2 is 2.00 bits per heavy atom. The van der Waals surface area contributed by atoms with Crippen LogP contribution in [0.2, 0.25) is 0 Å². The van der Waals surface area contributed by atoms with Gasteiger partial charge in [-0.15, -0.1) is 25.5 Å². The third kappa shape index (κ3) is 1.18. The van der Waals surface area contributed by atoms with Crippen molar-refractivity contribution in [3.05, 3.63) is 18.0 Å². The van der Waals surface area contributed by atoms with E-state index in [2.05, 4.69) is 30.6 Å². The first kappa shape index (κ1) is 8.71. The number of fused-ring (bicyclic) bond motifs is 1. The lowest BCUT2D eigenvalue weighted by atomic mass is 10.4. The molecule has 0 spiro atoms. The Morgan fingerprint density at radius 1 is 1.19 bits per heavy atom. The van der Waals surface area contributed by atoms with Crippen molar-refractivity contribution in [3.8, 4) is 5.95 Å². The second kappa shape index (κ2) is 2.95. The Balaban J connectivity index is 2.21. The highest BCUT2D eigenvalue weighted by molar-refractivity contribution is 5.32. The Hall–Kier alpha value is -2.58. The summed E-state index contributed by atoms with van der Waals surface area (Å²) < 4.78 is 2.81. The van der Waals surface area contributed by atoms with Crippen LogP contribution in [0.3, 0.4) is 0 Å². The fourth-order valence-electron chi connectivity index (χ4n) is 1.25. The number of anilines is 1. The molecule has 0 bridgehead atoms. The zero-order valence-electron chi connectivity index (χ0n) is 8.31. The number of hydrogen-bond acceptors (Lipinski definition) is 7. The maximum Gasteiger partial charge on any atom is 0.292 e. The first-order chi connectivity index (χ1) is 7.74. The minimum absolute atomic E-state index is 0.162. The molecule has 0 aromatic carbocycles. The smallest absolute Gasteiger partial charge is 0.292 e. The second-order valence-corrected chi connectivity index (χ2v) is 3.23. The van der Waals surface area contributed by atoms with Crippen molar-refractivity contribution in [1.82, 2.24) is 39.8 Å². The highest BCUT2D eigenvalue weighted by Crippen LogP contribution is 2.03. The lowest BCUT2D eigenvalue weighted by Gasteiger charge is -1.97. The molecule has 3 aromatic rings. The van der Waals surface area contributed by atoms with Crippen LogP contribution in [0.25, 0.3) is 11.7 Å². The van der Waals surface area contributed by atoms with Crippen molar-refractivity contribution in [2.75, 3.05) is 5.73 Å². The number of nitrogens with two attached hydrogens (primary N) is 1. The third-order valence-corrected chi connectivity index (χ3v) is 1.98. The molecule has 3 aromatic heterocycles. The van der Waals surface area contributed by atoms with Crippen LogP contribution in [0.15, 0.2) is 12.4 Å². The average molecular weight is 217 g/mol. The van der Waals surface area contributed by atoms with Crippen LogP contribution in [-0.4, -0.2) is 39.8 Å². The normalized spacial score (nSPS) is 11.1. The summed E-state index contributed by atoms with van der Waals surface area (Å²) in [6.45, 7) is 1.92. The summed E-state index contributed by atoms with van der Waals surface area (Å²) in [5, 5.41) is 23.2. The largest absolute Gasteiger partial charge is 0.366 e. The molecule has 0 amide bonds. The van der Waals surface area contributed by atoms with Crippen LogP contribution in [-0.2, 0) is 0 Å². The van der Waals surface area contributed by atoms with Gasteiger partial charge in [0.25, 0.3) is 11.7 Å². The SMILES string of the molecule is Cc1cnn(-c2nnc3nnc(N)n3n2)c1. The zero-order valence-corrected chi connectivity index (χ0v) is 8.31. The average Bonchev–Trinajstić information content (AvgIpc) is 2.86. The van der Waals surface area contributed by atoms with Crippen LogP contribution < -0.4 is 5.73 Å². The molecule has 0 fully saturated rings. The van der Waals surface area contributed by atoms with Gasteiger partial charge in [-0.3, -0.25) is 0 Å². The highest BCUT2D eigenvalue weighted by Gasteiger charge is 2.08. The number of aryl methyl sites for hydroxylation is 1. The molecular formula is C7H7N9. The number of nitrogen functional groups attached to an aromatic ring is 1. The summed E-state index contributed by atoms with van der Waals surface area (Å²) in [6, 6.07) is 0. The topological polar surface area (TPSA) is 113 Å². The Labute approximate surface area is 88.9 Å². The molecule has 3 rings (SSSR count). The highest BCUT2D eigenvalue weighted by atomic mass is 15.5. The van der Waals surface area contributed by atoms with Crippen LogP contribution in [0.4, 0.5) is 5.95 Å². The van der Waals surface area contributed by atoms with E-state index in [0.29, 0.717) is 5.95 Å². The van der Waals surface area contributed by atoms with E-state index in [4.69, 9.17) is 5.73 Å². The number of rotatable bonds is 1. The fourth-order valence-corrected chi connectivity index (χ4v) is 1.25. The van der Waals surface area contributed by atoms with Gasteiger partial charge in [-0.1, -0.05) is 0 Å². The minimum atomic E-state index is 0.162. The predicted octanol–water partition coefficient (Wildman–Crippen LogP) is -1.01. The van der Waals surface area contributed by atoms with Crippen molar-refractivity contribution in [2.24, 2.45) is 0 Å². The van der Waals surface area contributed by atoms with Crippen molar-refractivity contribution >= 4 is 11.7 Å². The van der Waals surface area contributed by atoms with Crippen molar-refractivity contribution < 1.29 is 0 Å². The summed E-state index contributed by atoms with van der Waals surface area (Å²) in [5.41, 5.74) is 6.56. The molecule has 9 nitrogen and oxygen atoms in total. The Kier molecular flexibility index (Phi) is 1.61. The van der Waals surface area contributed by atoms with Gasteiger partial charge in [0.2, 0.25) is 5.95 Å². The van der Waals surface area contributed by atoms with E-state index < -0.39 is 0 Å². The fraction of sp³-hybridized carbons (Fsp3) is 0.143. The van der Waals surface area contributed by atoms with E-state index in [1.54, 1.807) is 12.4 Å². The van der Waals surface area contributed by atoms with Gasteiger partial charge in [0.1, 0.15) is 0 Å². The van der Waals surface area contributed by atoms with Gasteiger partial charge >= 0.3 is 0 Å². The van der Waals surface area contributed by atoms with E-state index in [1.807, 2.05) is 6.92 Å². The quantitative estimate of drug-likeness (QED) is 0.555. The van der Waals surface area contributed by atoms with Gasteiger partial charge in [0.15, 0.2) is 0 Å². The van der Waals surface area contributed by atoms with Crippen LogP contribution in [0.1, 0.15) is 5.56 Å².